The number of rotatable bonds is 7. The molecule has 0 bridgehead atoms. The second-order valence-corrected chi connectivity index (χ2v) is 9.65. The van der Waals surface area contributed by atoms with E-state index in [4.69, 9.17) is 0 Å². The highest BCUT2D eigenvalue weighted by Gasteiger charge is 2.25. The molecule has 35 heavy (non-hydrogen) atoms. The van der Waals surface area contributed by atoms with E-state index in [0.717, 1.165) is 11.6 Å². The minimum Gasteiger partial charge on any atom is -0.350 e. The van der Waals surface area contributed by atoms with Crippen molar-refractivity contribution in [1.82, 2.24) is 9.36 Å². The zero-order valence-corrected chi connectivity index (χ0v) is 20.0. The normalized spacial score (nSPS) is 11.3. The molecule has 0 aliphatic carbocycles. The van der Waals surface area contributed by atoms with Crippen molar-refractivity contribution in [3.8, 4) is 5.69 Å². The standard InChI is InChI=1S/C24H23N5O5S/c1-16-9-11-18(12-10-16)25-21-14-13-20(15-22(21)29(31)32)35(33,34)26-23-17(2)27(3)28(24(23)30)19-7-5-4-6-8-19/h4-15,25-26H,1-3H3. The molecular weight excluding hydrogens is 470 g/mol. The SMILES string of the molecule is Cc1ccc(Nc2ccc(S(=O)(=O)Nc3c(C)n(C)n(-c4ccccc4)c3=O)cc2[N+](=O)[O-])cc1. The Labute approximate surface area is 201 Å². The Morgan fingerprint density at radius 1 is 0.943 bits per heavy atom. The van der Waals surface area contributed by atoms with Crippen LogP contribution in [0.15, 0.2) is 82.5 Å². The molecule has 0 saturated carbocycles. The smallest absolute Gasteiger partial charge is 0.296 e. The molecule has 0 spiro atoms. The summed E-state index contributed by atoms with van der Waals surface area (Å²) in [5.74, 6) is 0. The Kier molecular flexibility index (Phi) is 6.18. The number of nitro groups is 1. The van der Waals surface area contributed by atoms with E-state index in [1.54, 1.807) is 56.4 Å². The third-order valence-electron chi connectivity index (χ3n) is 5.60. The van der Waals surface area contributed by atoms with E-state index in [1.165, 1.54) is 21.5 Å². The Balaban J connectivity index is 1.70. The van der Waals surface area contributed by atoms with Gasteiger partial charge in [0.2, 0.25) is 0 Å². The Morgan fingerprint density at radius 3 is 2.23 bits per heavy atom. The summed E-state index contributed by atoms with van der Waals surface area (Å²) < 4.78 is 31.5. The molecule has 10 nitrogen and oxygen atoms in total. The highest BCUT2D eigenvalue weighted by atomic mass is 32.2. The van der Waals surface area contributed by atoms with E-state index in [2.05, 4.69) is 10.0 Å². The molecule has 0 unspecified atom stereocenters. The van der Waals surface area contributed by atoms with Crippen molar-refractivity contribution in [2.45, 2.75) is 18.7 Å². The van der Waals surface area contributed by atoms with Gasteiger partial charge in [-0.05, 0) is 50.2 Å². The summed E-state index contributed by atoms with van der Waals surface area (Å²) in [6.45, 7) is 3.53. The first-order valence-electron chi connectivity index (χ1n) is 10.6. The van der Waals surface area contributed by atoms with Crippen molar-refractivity contribution in [3.05, 3.63) is 105 Å². The van der Waals surface area contributed by atoms with Crippen molar-refractivity contribution in [2.24, 2.45) is 7.05 Å². The maximum absolute atomic E-state index is 13.1. The second kappa shape index (κ2) is 9.11. The number of sulfonamides is 1. The van der Waals surface area contributed by atoms with Crippen molar-refractivity contribution in [1.29, 1.82) is 0 Å². The zero-order valence-electron chi connectivity index (χ0n) is 19.2. The minimum atomic E-state index is -4.30. The van der Waals surface area contributed by atoms with E-state index in [9.17, 15) is 23.3 Å². The van der Waals surface area contributed by atoms with Gasteiger partial charge in [0.25, 0.3) is 21.3 Å². The maximum Gasteiger partial charge on any atom is 0.296 e. The molecule has 4 aromatic rings. The first kappa shape index (κ1) is 23.8. The van der Waals surface area contributed by atoms with Crippen molar-refractivity contribution < 1.29 is 13.3 Å². The van der Waals surface area contributed by atoms with Gasteiger partial charge >= 0.3 is 0 Å². The molecule has 0 aliphatic heterocycles. The summed E-state index contributed by atoms with van der Waals surface area (Å²) in [7, 11) is -2.67. The molecule has 3 aromatic carbocycles. The number of aromatic nitrogens is 2. The van der Waals surface area contributed by atoms with Gasteiger partial charge in [-0.2, -0.15) is 0 Å². The number of benzene rings is 3. The molecule has 4 rings (SSSR count). The van der Waals surface area contributed by atoms with Gasteiger partial charge in [-0.1, -0.05) is 35.9 Å². The van der Waals surface area contributed by atoms with Crippen LogP contribution < -0.4 is 15.6 Å². The molecule has 0 atom stereocenters. The number of nitro benzene ring substituents is 1. The lowest BCUT2D eigenvalue weighted by Gasteiger charge is -2.10. The Bertz CT molecular complexity index is 1570. The van der Waals surface area contributed by atoms with Crippen LogP contribution in [-0.4, -0.2) is 22.7 Å². The number of anilines is 3. The molecule has 0 aliphatic rings. The highest BCUT2D eigenvalue weighted by molar-refractivity contribution is 7.92. The number of hydrogen-bond donors (Lipinski definition) is 2. The van der Waals surface area contributed by atoms with E-state index in [1.807, 2.05) is 19.1 Å². The largest absolute Gasteiger partial charge is 0.350 e. The molecule has 0 amide bonds. The van der Waals surface area contributed by atoms with Crippen LogP contribution in [0.3, 0.4) is 0 Å². The number of nitrogens with one attached hydrogen (secondary N) is 2. The maximum atomic E-state index is 13.1. The summed E-state index contributed by atoms with van der Waals surface area (Å²) in [5, 5.41) is 14.7. The van der Waals surface area contributed by atoms with Crippen LogP contribution in [0, 0.1) is 24.0 Å². The minimum absolute atomic E-state index is 0.138. The van der Waals surface area contributed by atoms with E-state index < -0.39 is 26.2 Å². The third-order valence-corrected chi connectivity index (χ3v) is 6.94. The van der Waals surface area contributed by atoms with Gasteiger partial charge in [-0.15, -0.1) is 0 Å². The van der Waals surface area contributed by atoms with Crippen molar-refractivity contribution in [2.75, 3.05) is 10.0 Å². The molecule has 11 heteroatoms. The lowest BCUT2D eigenvalue weighted by atomic mass is 10.2. The first-order chi connectivity index (χ1) is 16.6. The Morgan fingerprint density at radius 2 is 1.60 bits per heavy atom. The molecule has 0 saturated heterocycles. The average molecular weight is 494 g/mol. The summed E-state index contributed by atoms with van der Waals surface area (Å²) in [6.07, 6.45) is 0. The van der Waals surface area contributed by atoms with Gasteiger partial charge in [-0.25, -0.2) is 13.1 Å². The van der Waals surface area contributed by atoms with Gasteiger partial charge in [0, 0.05) is 18.8 Å². The van der Waals surface area contributed by atoms with Gasteiger partial charge in [0.1, 0.15) is 11.4 Å². The lowest BCUT2D eigenvalue weighted by molar-refractivity contribution is -0.384. The molecule has 0 radical (unpaired) electrons. The van der Waals surface area contributed by atoms with E-state index in [-0.39, 0.29) is 16.3 Å². The average Bonchev–Trinajstić information content (AvgIpc) is 3.03. The summed E-state index contributed by atoms with van der Waals surface area (Å²) in [6, 6.07) is 19.5. The predicted molar refractivity (Wildman–Crippen MR) is 134 cm³/mol. The van der Waals surface area contributed by atoms with E-state index >= 15 is 0 Å². The van der Waals surface area contributed by atoms with Crippen LogP contribution in [0.2, 0.25) is 0 Å². The summed E-state index contributed by atoms with van der Waals surface area (Å²) in [5.41, 5.74) is 1.62. The molecule has 1 heterocycles. The van der Waals surface area contributed by atoms with Crippen molar-refractivity contribution >= 4 is 32.8 Å². The summed E-state index contributed by atoms with van der Waals surface area (Å²) in [4.78, 5) is 23.8. The molecule has 180 valence electrons. The molecule has 1 aromatic heterocycles. The quantitative estimate of drug-likeness (QED) is 0.293. The van der Waals surface area contributed by atoms with Gasteiger partial charge in [0.15, 0.2) is 0 Å². The van der Waals surface area contributed by atoms with Crippen LogP contribution in [0.1, 0.15) is 11.3 Å². The molecule has 0 fully saturated rings. The highest BCUT2D eigenvalue weighted by Crippen LogP contribution is 2.31. The first-order valence-corrected chi connectivity index (χ1v) is 12.1. The van der Waals surface area contributed by atoms with Crippen LogP contribution >= 0.6 is 0 Å². The van der Waals surface area contributed by atoms with Crippen LogP contribution in [0.5, 0.6) is 0 Å². The fraction of sp³-hybridized carbons (Fsp3) is 0.125. The third kappa shape index (κ3) is 4.66. The molecule has 2 N–H and O–H groups in total. The van der Waals surface area contributed by atoms with Gasteiger partial charge < -0.3 is 5.32 Å². The molecular formula is C24H23N5O5S. The topological polar surface area (TPSA) is 128 Å². The van der Waals surface area contributed by atoms with Gasteiger partial charge in [-0.3, -0.25) is 24.3 Å². The summed E-state index contributed by atoms with van der Waals surface area (Å²) >= 11 is 0. The van der Waals surface area contributed by atoms with Crippen molar-refractivity contribution in [3.63, 3.8) is 0 Å². The lowest BCUT2D eigenvalue weighted by Crippen LogP contribution is -2.23. The van der Waals surface area contributed by atoms with Gasteiger partial charge in [0.05, 0.1) is 21.2 Å². The number of para-hydroxylation sites is 1. The van der Waals surface area contributed by atoms with Crippen LogP contribution in [0.4, 0.5) is 22.7 Å². The monoisotopic (exact) mass is 493 g/mol. The van der Waals surface area contributed by atoms with Crippen LogP contribution in [0.25, 0.3) is 5.69 Å². The number of hydrogen-bond acceptors (Lipinski definition) is 6. The van der Waals surface area contributed by atoms with E-state index in [0.29, 0.717) is 17.1 Å². The number of nitrogens with zero attached hydrogens (tertiary/aromatic N) is 3. The zero-order chi connectivity index (χ0) is 25.3. The predicted octanol–water partition coefficient (Wildman–Crippen LogP) is 4.25. The second-order valence-electron chi connectivity index (χ2n) is 7.97. The number of aryl methyl sites for hydroxylation is 1. The fourth-order valence-electron chi connectivity index (χ4n) is 3.61. The van der Waals surface area contributed by atoms with Crippen LogP contribution in [-0.2, 0) is 17.1 Å². The Hall–Kier alpha value is -4.38. The fourth-order valence-corrected chi connectivity index (χ4v) is 4.74.